The molecule has 21 heavy (non-hydrogen) atoms. The van der Waals surface area contributed by atoms with Gasteiger partial charge in [0.05, 0.1) is 12.0 Å². The summed E-state index contributed by atoms with van der Waals surface area (Å²) in [6.45, 7) is 0. The van der Waals surface area contributed by atoms with Crippen molar-refractivity contribution in [1.29, 1.82) is 0 Å². The van der Waals surface area contributed by atoms with E-state index in [2.05, 4.69) is 0 Å². The Kier molecular flexibility index (Phi) is 3.31. The Labute approximate surface area is 121 Å². The van der Waals surface area contributed by atoms with Gasteiger partial charge < -0.3 is 9.47 Å². The number of methoxy groups -OCH3 is 1. The first-order valence-corrected chi connectivity index (χ1v) is 6.45. The van der Waals surface area contributed by atoms with Crippen LogP contribution >= 0.6 is 0 Å². The second-order valence-electron chi connectivity index (χ2n) is 4.60. The number of hydrogen-bond acceptors (Lipinski definition) is 4. The molecule has 1 atom stereocenters. The Morgan fingerprint density at radius 1 is 1.14 bits per heavy atom. The molecule has 1 aliphatic heterocycles. The SMILES string of the molecule is COc1ccccc1C1Oc2ccccc2C=C1[N+](=O)[O-]. The van der Waals surface area contributed by atoms with Gasteiger partial charge in [0.25, 0.3) is 5.70 Å². The summed E-state index contributed by atoms with van der Waals surface area (Å²) < 4.78 is 11.1. The van der Waals surface area contributed by atoms with E-state index in [0.717, 1.165) is 0 Å². The van der Waals surface area contributed by atoms with Crippen LogP contribution in [0.2, 0.25) is 0 Å². The number of hydrogen-bond donors (Lipinski definition) is 0. The minimum absolute atomic E-state index is 0.00167. The molecule has 1 unspecified atom stereocenters. The van der Waals surface area contributed by atoms with Crippen molar-refractivity contribution < 1.29 is 14.4 Å². The van der Waals surface area contributed by atoms with Gasteiger partial charge in [0.1, 0.15) is 11.5 Å². The summed E-state index contributed by atoms with van der Waals surface area (Å²) in [5.41, 5.74) is 1.34. The van der Waals surface area contributed by atoms with E-state index in [1.54, 1.807) is 36.4 Å². The Morgan fingerprint density at radius 3 is 2.62 bits per heavy atom. The Balaban J connectivity index is 2.13. The van der Waals surface area contributed by atoms with Crippen LogP contribution in [-0.2, 0) is 0 Å². The zero-order valence-electron chi connectivity index (χ0n) is 11.4. The molecule has 0 bridgehead atoms. The number of rotatable bonds is 3. The molecule has 0 spiro atoms. The lowest BCUT2D eigenvalue weighted by Gasteiger charge is -2.23. The lowest BCUT2D eigenvalue weighted by Crippen LogP contribution is -2.20. The standard InChI is InChI=1S/C16H13NO4/c1-20-15-9-5-3-7-12(15)16-13(17(18)19)10-11-6-2-4-8-14(11)21-16/h2-10,16H,1H3. The minimum Gasteiger partial charge on any atom is -0.496 e. The van der Waals surface area contributed by atoms with Crippen LogP contribution < -0.4 is 9.47 Å². The van der Waals surface area contributed by atoms with E-state index in [0.29, 0.717) is 22.6 Å². The summed E-state index contributed by atoms with van der Waals surface area (Å²) in [6.07, 6.45) is 0.765. The molecule has 2 aromatic rings. The van der Waals surface area contributed by atoms with Crippen LogP contribution in [0.5, 0.6) is 11.5 Å². The second kappa shape index (κ2) is 5.28. The van der Waals surface area contributed by atoms with Crippen LogP contribution in [0.3, 0.4) is 0 Å². The molecule has 0 fully saturated rings. The van der Waals surface area contributed by atoms with E-state index in [9.17, 15) is 10.1 Å². The highest BCUT2D eigenvalue weighted by atomic mass is 16.6. The monoisotopic (exact) mass is 283 g/mol. The van der Waals surface area contributed by atoms with E-state index in [1.807, 2.05) is 18.2 Å². The lowest BCUT2D eigenvalue weighted by molar-refractivity contribution is -0.434. The molecule has 0 amide bonds. The van der Waals surface area contributed by atoms with Gasteiger partial charge in [-0.15, -0.1) is 0 Å². The molecule has 106 valence electrons. The maximum atomic E-state index is 11.4. The van der Waals surface area contributed by atoms with Crippen LogP contribution in [0.4, 0.5) is 0 Å². The van der Waals surface area contributed by atoms with Gasteiger partial charge in [-0.1, -0.05) is 36.4 Å². The predicted octanol–water partition coefficient (Wildman–Crippen LogP) is 3.45. The molecule has 5 nitrogen and oxygen atoms in total. The Morgan fingerprint density at radius 2 is 1.86 bits per heavy atom. The molecule has 0 aromatic heterocycles. The molecule has 3 rings (SSSR count). The van der Waals surface area contributed by atoms with Crippen LogP contribution in [0, 0.1) is 10.1 Å². The lowest BCUT2D eigenvalue weighted by atomic mass is 10.0. The van der Waals surface area contributed by atoms with Gasteiger partial charge in [0.15, 0.2) is 0 Å². The molecule has 0 radical (unpaired) electrons. The maximum Gasteiger partial charge on any atom is 0.291 e. The van der Waals surface area contributed by atoms with Gasteiger partial charge in [-0.05, 0) is 12.1 Å². The summed E-state index contributed by atoms with van der Waals surface area (Å²) in [6, 6.07) is 14.4. The first-order valence-electron chi connectivity index (χ1n) is 6.45. The fourth-order valence-corrected chi connectivity index (χ4v) is 2.38. The topological polar surface area (TPSA) is 61.6 Å². The average molecular weight is 283 g/mol. The van der Waals surface area contributed by atoms with E-state index < -0.39 is 11.0 Å². The summed E-state index contributed by atoms with van der Waals surface area (Å²) in [4.78, 5) is 11.0. The van der Waals surface area contributed by atoms with Crippen molar-refractivity contribution >= 4 is 6.08 Å². The van der Waals surface area contributed by atoms with Gasteiger partial charge in [0, 0.05) is 17.2 Å². The van der Waals surface area contributed by atoms with Gasteiger partial charge in [-0.2, -0.15) is 0 Å². The zero-order valence-corrected chi connectivity index (χ0v) is 11.4. The van der Waals surface area contributed by atoms with Crippen molar-refractivity contribution in [2.24, 2.45) is 0 Å². The van der Waals surface area contributed by atoms with Gasteiger partial charge >= 0.3 is 0 Å². The van der Waals surface area contributed by atoms with Gasteiger partial charge in [-0.3, -0.25) is 10.1 Å². The molecule has 1 aliphatic rings. The molecule has 0 saturated carbocycles. The van der Waals surface area contributed by atoms with E-state index >= 15 is 0 Å². The number of nitrogens with zero attached hydrogens (tertiary/aromatic N) is 1. The number of ether oxygens (including phenoxy) is 2. The summed E-state index contributed by atoms with van der Waals surface area (Å²) in [7, 11) is 1.53. The largest absolute Gasteiger partial charge is 0.496 e. The third-order valence-corrected chi connectivity index (χ3v) is 3.37. The fraction of sp³-hybridized carbons (Fsp3) is 0.125. The van der Waals surface area contributed by atoms with Crippen molar-refractivity contribution in [2.75, 3.05) is 7.11 Å². The molecule has 0 aliphatic carbocycles. The second-order valence-corrected chi connectivity index (χ2v) is 4.60. The van der Waals surface area contributed by atoms with Crippen molar-refractivity contribution in [2.45, 2.75) is 6.10 Å². The normalized spacial score (nSPS) is 16.4. The third kappa shape index (κ3) is 2.33. The predicted molar refractivity (Wildman–Crippen MR) is 77.8 cm³/mol. The summed E-state index contributed by atoms with van der Waals surface area (Å²) in [5, 5.41) is 11.4. The fourth-order valence-electron chi connectivity index (χ4n) is 2.38. The van der Waals surface area contributed by atoms with Gasteiger partial charge in [-0.25, -0.2) is 0 Å². The van der Waals surface area contributed by atoms with Crippen LogP contribution in [0.1, 0.15) is 17.2 Å². The molecular formula is C16H13NO4. The molecular weight excluding hydrogens is 270 g/mol. The molecule has 2 aromatic carbocycles. The molecule has 0 N–H and O–H groups in total. The third-order valence-electron chi connectivity index (χ3n) is 3.37. The van der Waals surface area contributed by atoms with Crippen LogP contribution in [0.15, 0.2) is 54.2 Å². The highest BCUT2D eigenvalue weighted by Crippen LogP contribution is 2.40. The smallest absolute Gasteiger partial charge is 0.291 e. The summed E-state index contributed by atoms with van der Waals surface area (Å²) >= 11 is 0. The van der Waals surface area contributed by atoms with Crippen molar-refractivity contribution in [3.05, 3.63) is 75.5 Å². The van der Waals surface area contributed by atoms with E-state index in [4.69, 9.17) is 9.47 Å². The van der Waals surface area contributed by atoms with Crippen molar-refractivity contribution in [3.63, 3.8) is 0 Å². The maximum absolute atomic E-state index is 11.4. The van der Waals surface area contributed by atoms with Crippen molar-refractivity contribution in [1.82, 2.24) is 0 Å². The Hall–Kier alpha value is -2.82. The van der Waals surface area contributed by atoms with Crippen LogP contribution in [0.25, 0.3) is 6.08 Å². The average Bonchev–Trinajstić information content (AvgIpc) is 2.53. The number of benzene rings is 2. The number of para-hydroxylation sites is 2. The number of nitro groups is 1. The van der Waals surface area contributed by atoms with Gasteiger partial charge in [0.2, 0.25) is 6.10 Å². The minimum atomic E-state index is -0.786. The first kappa shape index (κ1) is 13.2. The molecule has 1 heterocycles. The van der Waals surface area contributed by atoms with Crippen molar-refractivity contribution in [3.8, 4) is 11.5 Å². The van der Waals surface area contributed by atoms with E-state index in [-0.39, 0.29) is 5.70 Å². The highest BCUT2D eigenvalue weighted by Gasteiger charge is 2.34. The molecule has 5 heteroatoms. The first-order chi connectivity index (χ1) is 10.2. The number of fused-ring (bicyclic) bond motifs is 1. The highest BCUT2D eigenvalue weighted by molar-refractivity contribution is 5.62. The zero-order chi connectivity index (χ0) is 14.8. The summed E-state index contributed by atoms with van der Waals surface area (Å²) in [5.74, 6) is 1.19. The Bertz CT molecular complexity index is 724. The molecule has 0 saturated heterocycles. The van der Waals surface area contributed by atoms with E-state index in [1.165, 1.54) is 7.11 Å². The quantitative estimate of drug-likeness (QED) is 0.639. The van der Waals surface area contributed by atoms with Crippen LogP contribution in [-0.4, -0.2) is 12.0 Å².